The van der Waals surface area contributed by atoms with Crippen molar-refractivity contribution in [3.8, 4) is 0 Å². The average molecular weight is 373 g/mol. The topological polar surface area (TPSA) is 66.5 Å². The van der Waals surface area contributed by atoms with Crippen LogP contribution >= 0.6 is 23.2 Å². The van der Waals surface area contributed by atoms with Gasteiger partial charge in [-0.15, -0.1) is 0 Å². The van der Waals surface area contributed by atoms with Crippen LogP contribution in [0.1, 0.15) is 10.4 Å². The molecule has 122 valence electrons. The Balaban J connectivity index is 2.49. The highest BCUT2D eigenvalue weighted by atomic mass is 35.5. The Hall–Kier alpha value is -1.76. The molecule has 0 heterocycles. The fraction of sp³-hybridized carbons (Fsp3) is 0.133. The van der Waals surface area contributed by atoms with Crippen LogP contribution in [0.15, 0.2) is 47.4 Å². The van der Waals surface area contributed by atoms with Crippen LogP contribution in [-0.4, -0.2) is 33.3 Å². The van der Waals surface area contributed by atoms with Gasteiger partial charge in [0.05, 0.1) is 16.3 Å². The highest BCUT2D eigenvalue weighted by Gasteiger charge is 2.21. The Bertz CT molecular complexity index is 852. The molecule has 1 amide bonds. The van der Waals surface area contributed by atoms with Gasteiger partial charge in [0, 0.05) is 19.1 Å². The summed E-state index contributed by atoms with van der Waals surface area (Å²) < 4.78 is 27.4. The third-order valence-electron chi connectivity index (χ3n) is 2.99. The maximum absolute atomic E-state index is 12.5. The highest BCUT2D eigenvalue weighted by molar-refractivity contribution is 7.92. The zero-order valence-electron chi connectivity index (χ0n) is 12.4. The molecule has 1 N–H and O–H groups in total. The van der Waals surface area contributed by atoms with Crippen LogP contribution in [0.25, 0.3) is 0 Å². The molecule has 2 aromatic carbocycles. The maximum atomic E-state index is 12.5. The van der Waals surface area contributed by atoms with Gasteiger partial charge in [-0.2, -0.15) is 0 Å². The van der Waals surface area contributed by atoms with Gasteiger partial charge in [-0.25, -0.2) is 8.42 Å². The lowest BCUT2D eigenvalue weighted by molar-refractivity contribution is 0.0828. The van der Waals surface area contributed by atoms with Crippen molar-refractivity contribution in [3.05, 3.63) is 58.1 Å². The van der Waals surface area contributed by atoms with Crippen molar-refractivity contribution in [2.75, 3.05) is 18.8 Å². The molecule has 8 heteroatoms. The van der Waals surface area contributed by atoms with Crippen LogP contribution in [-0.2, 0) is 10.0 Å². The Morgan fingerprint density at radius 3 is 2.35 bits per heavy atom. The number of amides is 1. The number of carbonyl (C=O) groups excluding carboxylic acids is 1. The predicted octanol–water partition coefficient (Wildman–Crippen LogP) is 3.50. The van der Waals surface area contributed by atoms with E-state index in [1.807, 2.05) is 0 Å². The lowest BCUT2D eigenvalue weighted by Crippen LogP contribution is -2.24. The predicted molar refractivity (Wildman–Crippen MR) is 91.7 cm³/mol. The second kappa shape index (κ2) is 6.78. The molecule has 2 rings (SSSR count). The van der Waals surface area contributed by atoms with E-state index in [4.69, 9.17) is 23.2 Å². The van der Waals surface area contributed by atoms with Gasteiger partial charge in [0.15, 0.2) is 0 Å². The molecule has 0 aliphatic carbocycles. The zero-order chi connectivity index (χ0) is 17.2. The molecule has 0 fully saturated rings. The molecule has 2 aromatic rings. The molecule has 0 bridgehead atoms. The van der Waals surface area contributed by atoms with Crippen molar-refractivity contribution in [2.45, 2.75) is 4.90 Å². The number of sulfonamides is 1. The van der Waals surface area contributed by atoms with Crippen LogP contribution in [0.3, 0.4) is 0 Å². The van der Waals surface area contributed by atoms with E-state index in [1.54, 1.807) is 26.2 Å². The second-order valence-electron chi connectivity index (χ2n) is 4.93. The Morgan fingerprint density at radius 1 is 1.09 bits per heavy atom. The standard InChI is InChI=1S/C15H14Cl2N2O3S/c1-19(2)15(20)11-8-7-10(16)9-13(11)18-23(21,22)14-6-4-3-5-12(14)17/h3-9,18H,1-2H3. The van der Waals surface area contributed by atoms with E-state index in [9.17, 15) is 13.2 Å². The number of nitrogens with zero attached hydrogens (tertiary/aromatic N) is 1. The van der Waals surface area contributed by atoms with Gasteiger partial charge in [-0.3, -0.25) is 9.52 Å². The molecule has 0 saturated heterocycles. The van der Waals surface area contributed by atoms with Crippen LogP contribution in [0, 0.1) is 0 Å². The number of anilines is 1. The molecule has 23 heavy (non-hydrogen) atoms. The van der Waals surface area contributed by atoms with Gasteiger partial charge in [-0.05, 0) is 30.3 Å². The van der Waals surface area contributed by atoms with Gasteiger partial charge < -0.3 is 4.90 Å². The van der Waals surface area contributed by atoms with Crippen molar-refractivity contribution in [1.82, 2.24) is 4.90 Å². The summed E-state index contributed by atoms with van der Waals surface area (Å²) in [5.74, 6) is -0.349. The van der Waals surface area contributed by atoms with E-state index < -0.39 is 10.0 Å². The van der Waals surface area contributed by atoms with E-state index in [0.29, 0.717) is 5.02 Å². The molecule has 0 aliphatic rings. The van der Waals surface area contributed by atoms with Crippen LogP contribution in [0.4, 0.5) is 5.69 Å². The molecule has 0 radical (unpaired) electrons. The molecule has 5 nitrogen and oxygen atoms in total. The summed E-state index contributed by atoms with van der Waals surface area (Å²) in [6.45, 7) is 0. The van der Waals surface area contributed by atoms with Gasteiger partial charge in [-0.1, -0.05) is 35.3 Å². The monoisotopic (exact) mass is 372 g/mol. The number of hydrogen-bond donors (Lipinski definition) is 1. The highest BCUT2D eigenvalue weighted by Crippen LogP contribution is 2.27. The maximum Gasteiger partial charge on any atom is 0.263 e. The van der Waals surface area contributed by atoms with E-state index in [2.05, 4.69) is 4.72 Å². The van der Waals surface area contributed by atoms with Crippen LogP contribution in [0.2, 0.25) is 10.0 Å². The first-order valence-corrected chi connectivity index (χ1v) is 8.75. The van der Waals surface area contributed by atoms with Gasteiger partial charge in [0.2, 0.25) is 0 Å². The summed E-state index contributed by atoms with van der Waals surface area (Å²) in [6, 6.07) is 10.4. The molecular weight excluding hydrogens is 359 g/mol. The summed E-state index contributed by atoms with van der Waals surface area (Å²) in [5, 5.41) is 0.389. The van der Waals surface area contributed by atoms with Crippen molar-refractivity contribution in [1.29, 1.82) is 0 Å². The third kappa shape index (κ3) is 3.96. The Morgan fingerprint density at radius 2 is 1.74 bits per heavy atom. The van der Waals surface area contributed by atoms with Crippen molar-refractivity contribution in [2.24, 2.45) is 0 Å². The Labute approximate surface area is 144 Å². The third-order valence-corrected chi connectivity index (χ3v) is 5.09. The number of halogens is 2. The first kappa shape index (κ1) is 17.6. The molecular formula is C15H14Cl2N2O3S. The quantitative estimate of drug-likeness (QED) is 0.892. The Kier molecular flexibility index (Phi) is 5.19. The summed E-state index contributed by atoms with van der Waals surface area (Å²) >= 11 is 11.9. The fourth-order valence-corrected chi connectivity index (χ4v) is 3.65. The van der Waals surface area contributed by atoms with Gasteiger partial charge in [0.1, 0.15) is 4.90 Å². The SMILES string of the molecule is CN(C)C(=O)c1ccc(Cl)cc1NS(=O)(=O)c1ccccc1Cl. The number of nitrogens with one attached hydrogen (secondary N) is 1. The molecule has 0 aliphatic heterocycles. The van der Waals surface area contributed by atoms with E-state index in [-0.39, 0.29) is 27.1 Å². The lowest BCUT2D eigenvalue weighted by atomic mass is 10.1. The number of carbonyl (C=O) groups is 1. The normalized spacial score (nSPS) is 11.1. The molecule has 0 aromatic heterocycles. The largest absolute Gasteiger partial charge is 0.345 e. The minimum Gasteiger partial charge on any atom is -0.345 e. The number of rotatable bonds is 4. The number of benzene rings is 2. The summed E-state index contributed by atoms with van der Waals surface area (Å²) in [5.41, 5.74) is 0.283. The minimum atomic E-state index is -3.95. The molecule has 0 atom stereocenters. The van der Waals surface area contributed by atoms with Gasteiger partial charge in [0.25, 0.3) is 15.9 Å². The van der Waals surface area contributed by atoms with E-state index in [1.165, 1.54) is 35.2 Å². The smallest absolute Gasteiger partial charge is 0.263 e. The zero-order valence-corrected chi connectivity index (χ0v) is 14.7. The summed E-state index contributed by atoms with van der Waals surface area (Å²) in [6.07, 6.45) is 0. The van der Waals surface area contributed by atoms with Crippen LogP contribution < -0.4 is 4.72 Å². The summed E-state index contributed by atoms with van der Waals surface area (Å²) in [4.78, 5) is 13.5. The van der Waals surface area contributed by atoms with Crippen molar-refractivity contribution >= 4 is 44.8 Å². The van der Waals surface area contributed by atoms with Crippen molar-refractivity contribution < 1.29 is 13.2 Å². The van der Waals surface area contributed by atoms with Crippen molar-refractivity contribution in [3.63, 3.8) is 0 Å². The fourth-order valence-electron chi connectivity index (χ4n) is 1.89. The first-order chi connectivity index (χ1) is 10.7. The van der Waals surface area contributed by atoms with Gasteiger partial charge >= 0.3 is 0 Å². The van der Waals surface area contributed by atoms with E-state index in [0.717, 1.165) is 0 Å². The molecule has 0 unspecified atom stereocenters. The summed E-state index contributed by atoms with van der Waals surface area (Å²) in [7, 11) is -0.808. The number of hydrogen-bond acceptors (Lipinski definition) is 3. The first-order valence-electron chi connectivity index (χ1n) is 6.51. The van der Waals surface area contributed by atoms with E-state index >= 15 is 0 Å². The van der Waals surface area contributed by atoms with Crippen LogP contribution in [0.5, 0.6) is 0 Å². The molecule has 0 spiro atoms. The lowest BCUT2D eigenvalue weighted by Gasteiger charge is -2.16. The average Bonchev–Trinajstić information content (AvgIpc) is 2.46. The minimum absolute atomic E-state index is 0.0788. The molecule has 0 saturated carbocycles. The second-order valence-corrected chi connectivity index (χ2v) is 7.42.